The smallest absolute Gasteiger partial charge is 0.266 e. The molecule has 2 aromatic rings. The second kappa shape index (κ2) is 4.35. The normalized spacial score (nSPS) is 10.5. The van der Waals surface area contributed by atoms with Crippen molar-refractivity contribution in [3.63, 3.8) is 0 Å². The summed E-state index contributed by atoms with van der Waals surface area (Å²) in [4.78, 5) is 10.9. The van der Waals surface area contributed by atoms with E-state index < -0.39 is 11.7 Å². The molecule has 1 amide bonds. The van der Waals surface area contributed by atoms with Gasteiger partial charge in [0.05, 0.1) is 15.7 Å². The Morgan fingerprint density at radius 3 is 2.59 bits per heavy atom. The monoisotopic (exact) mass is 273 g/mol. The van der Waals surface area contributed by atoms with E-state index in [1.165, 1.54) is 12.1 Å². The third-order valence-corrected chi connectivity index (χ3v) is 2.73. The summed E-state index contributed by atoms with van der Waals surface area (Å²) in [6, 6.07) is 3.80. The summed E-state index contributed by atoms with van der Waals surface area (Å²) in [5.74, 6) is -1.27. The Labute approximate surface area is 106 Å². The van der Waals surface area contributed by atoms with E-state index in [-0.39, 0.29) is 15.7 Å². The van der Waals surface area contributed by atoms with Crippen LogP contribution in [-0.4, -0.2) is 16.1 Å². The zero-order valence-electron chi connectivity index (χ0n) is 8.30. The van der Waals surface area contributed by atoms with Crippen LogP contribution in [0, 0.1) is 5.82 Å². The van der Waals surface area contributed by atoms with Gasteiger partial charge in [-0.25, -0.2) is 4.39 Å². The van der Waals surface area contributed by atoms with Crippen molar-refractivity contribution in [2.24, 2.45) is 5.73 Å². The quantitative estimate of drug-likeness (QED) is 0.826. The van der Waals surface area contributed by atoms with Crippen molar-refractivity contribution in [1.82, 2.24) is 10.2 Å². The molecule has 4 nitrogen and oxygen atoms in total. The Hall–Kier alpha value is -1.59. The van der Waals surface area contributed by atoms with Gasteiger partial charge in [-0.3, -0.25) is 9.89 Å². The van der Waals surface area contributed by atoms with Gasteiger partial charge in [-0.2, -0.15) is 5.10 Å². The molecule has 0 saturated heterocycles. The number of amides is 1. The zero-order chi connectivity index (χ0) is 12.6. The molecular formula is C10H6Cl2FN3O. The van der Waals surface area contributed by atoms with Gasteiger partial charge in [-0.05, 0) is 18.2 Å². The van der Waals surface area contributed by atoms with Crippen molar-refractivity contribution in [1.29, 1.82) is 0 Å². The molecule has 0 bridgehead atoms. The molecule has 0 spiro atoms. The van der Waals surface area contributed by atoms with Crippen LogP contribution in [0.15, 0.2) is 18.2 Å². The first-order valence-electron chi connectivity index (χ1n) is 4.49. The number of nitrogens with one attached hydrogen (secondary N) is 1. The van der Waals surface area contributed by atoms with Gasteiger partial charge in [0.25, 0.3) is 5.91 Å². The number of aromatic amines is 1. The highest BCUT2D eigenvalue weighted by Crippen LogP contribution is 2.31. The molecule has 7 heteroatoms. The molecule has 88 valence electrons. The van der Waals surface area contributed by atoms with Gasteiger partial charge >= 0.3 is 0 Å². The van der Waals surface area contributed by atoms with E-state index in [0.717, 1.165) is 6.07 Å². The number of H-pyrrole nitrogens is 1. The van der Waals surface area contributed by atoms with Gasteiger partial charge in [0.15, 0.2) is 0 Å². The molecule has 3 N–H and O–H groups in total. The van der Waals surface area contributed by atoms with Crippen LogP contribution in [0.2, 0.25) is 10.0 Å². The van der Waals surface area contributed by atoms with E-state index in [1.807, 2.05) is 0 Å². The second-order valence-corrected chi connectivity index (χ2v) is 4.09. The van der Waals surface area contributed by atoms with Gasteiger partial charge in [0.2, 0.25) is 0 Å². The van der Waals surface area contributed by atoms with Crippen molar-refractivity contribution in [3.8, 4) is 11.3 Å². The van der Waals surface area contributed by atoms with Crippen molar-refractivity contribution in [2.45, 2.75) is 0 Å². The topological polar surface area (TPSA) is 71.8 Å². The summed E-state index contributed by atoms with van der Waals surface area (Å²) < 4.78 is 13.3. The summed E-state index contributed by atoms with van der Waals surface area (Å²) >= 11 is 11.5. The number of nitrogens with zero attached hydrogens (tertiary/aromatic N) is 1. The lowest BCUT2D eigenvalue weighted by Crippen LogP contribution is -2.10. The minimum absolute atomic E-state index is 0.0792. The van der Waals surface area contributed by atoms with Gasteiger partial charge in [-0.15, -0.1) is 0 Å². The molecule has 17 heavy (non-hydrogen) atoms. The molecule has 0 saturated carbocycles. The predicted molar refractivity (Wildman–Crippen MR) is 62.5 cm³/mol. The minimum Gasteiger partial charge on any atom is -0.364 e. The van der Waals surface area contributed by atoms with Gasteiger partial charge < -0.3 is 5.73 Å². The number of primary amides is 1. The lowest BCUT2D eigenvalue weighted by Gasteiger charge is -2.02. The number of halogens is 3. The average Bonchev–Trinajstić information content (AvgIpc) is 2.72. The van der Waals surface area contributed by atoms with E-state index in [4.69, 9.17) is 28.9 Å². The number of carbonyl (C=O) groups excluding carboxylic acids is 1. The van der Waals surface area contributed by atoms with Crippen LogP contribution in [0.4, 0.5) is 4.39 Å². The third-order valence-electron chi connectivity index (χ3n) is 2.13. The number of rotatable bonds is 2. The first kappa shape index (κ1) is 11.9. The highest BCUT2D eigenvalue weighted by Gasteiger charge is 2.13. The van der Waals surface area contributed by atoms with Gasteiger partial charge in [-0.1, -0.05) is 23.2 Å². The number of benzene rings is 1. The Bertz CT molecular complexity index is 597. The van der Waals surface area contributed by atoms with Gasteiger partial charge in [0.1, 0.15) is 11.5 Å². The molecule has 0 atom stereocenters. The number of aromatic nitrogens is 2. The Morgan fingerprint density at radius 1 is 1.29 bits per heavy atom. The number of carbonyl (C=O) groups is 1. The highest BCUT2D eigenvalue weighted by atomic mass is 35.5. The summed E-state index contributed by atoms with van der Waals surface area (Å²) in [5.41, 5.74) is 5.83. The predicted octanol–water partition coefficient (Wildman–Crippen LogP) is 2.62. The molecule has 0 fully saturated rings. The standard InChI is InChI=1S/C10H6Cl2FN3O/c11-5-2-6(12)7(13)1-4(5)8-3-9(10(14)17)16-15-8/h1-3H,(H2,14,17)(H,15,16). The molecule has 0 radical (unpaired) electrons. The summed E-state index contributed by atoms with van der Waals surface area (Å²) in [5, 5.41) is 6.40. The lowest BCUT2D eigenvalue weighted by atomic mass is 10.1. The minimum atomic E-state index is -0.658. The van der Waals surface area contributed by atoms with Crippen LogP contribution in [0.1, 0.15) is 10.5 Å². The fourth-order valence-corrected chi connectivity index (χ4v) is 1.78. The fraction of sp³-hybridized carbons (Fsp3) is 0. The highest BCUT2D eigenvalue weighted by molar-refractivity contribution is 6.36. The molecule has 0 unspecified atom stereocenters. The summed E-state index contributed by atoms with van der Waals surface area (Å²) in [6.07, 6.45) is 0. The molecule has 2 rings (SSSR count). The van der Waals surface area contributed by atoms with Crippen molar-refractivity contribution in [2.75, 3.05) is 0 Å². The third kappa shape index (κ3) is 2.25. The van der Waals surface area contributed by atoms with Crippen LogP contribution in [-0.2, 0) is 0 Å². The second-order valence-electron chi connectivity index (χ2n) is 3.28. The SMILES string of the molecule is NC(=O)c1cc(-c2cc(F)c(Cl)cc2Cl)n[nH]1. The van der Waals surface area contributed by atoms with E-state index in [2.05, 4.69) is 10.2 Å². The number of hydrogen-bond acceptors (Lipinski definition) is 2. The van der Waals surface area contributed by atoms with Gasteiger partial charge in [0, 0.05) is 5.56 Å². The molecule has 0 aliphatic carbocycles. The van der Waals surface area contributed by atoms with Crippen LogP contribution >= 0.6 is 23.2 Å². The van der Waals surface area contributed by atoms with Crippen LogP contribution in [0.5, 0.6) is 0 Å². The molecule has 1 aromatic carbocycles. The fourth-order valence-electron chi connectivity index (χ4n) is 1.30. The first-order valence-corrected chi connectivity index (χ1v) is 5.24. The Balaban J connectivity index is 2.52. The largest absolute Gasteiger partial charge is 0.364 e. The lowest BCUT2D eigenvalue weighted by molar-refractivity contribution is 0.0995. The number of hydrogen-bond donors (Lipinski definition) is 2. The molecule has 1 aromatic heterocycles. The maximum atomic E-state index is 13.3. The Kier molecular flexibility index (Phi) is 3.04. The molecule has 0 aliphatic heterocycles. The maximum Gasteiger partial charge on any atom is 0.266 e. The summed E-state index contributed by atoms with van der Waals surface area (Å²) in [7, 11) is 0. The number of nitrogens with two attached hydrogens (primary N) is 1. The Morgan fingerprint density at radius 2 is 2.00 bits per heavy atom. The van der Waals surface area contributed by atoms with E-state index in [9.17, 15) is 9.18 Å². The van der Waals surface area contributed by atoms with Crippen molar-refractivity contribution < 1.29 is 9.18 Å². The maximum absolute atomic E-state index is 13.3. The molecular weight excluding hydrogens is 268 g/mol. The van der Waals surface area contributed by atoms with E-state index in [1.54, 1.807) is 0 Å². The molecule has 0 aliphatic rings. The zero-order valence-corrected chi connectivity index (χ0v) is 9.81. The average molecular weight is 274 g/mol. The van der Waals surface area contributed by atoms with Crippen LogP contribution in [0.3, 0.4) is 0 Å². The van der Waals surface area contributed by atoms with E-state index >= 15 is 0 Å². The molecule has 1 heterocycles. The summed E-state index contributed by atoms with van der Waals surface area (Å²) in [6.45, 7) is 0. The first-order chi connectivity index (χ1) is 7.99. The van der Waals surface area contributed by atoms with Crippen LogP contribution in [0.25, 0.3) is 11.3 Å². The van der Waals surface area contributed by atoms with Crippen LogP contribution < -0.4 is 5.73 Å². The van der Waals surface area contributed by atoms with Crippen molar-refractivity contribution >= 4 is 29.1 Å². The van der Waals surface area contributed by atoms with Crippen molar-refractivity contribution in [3.05, 3.63) is 39.8 Å². The van der Waals surface area contributed by atoms with E-state index in [0.29, 0.717) is 11.3 Å².